The number of nitrogens with zero attached hydrogens (tertiary/aromatic N) is 1. The fraction of sp³-hybridized carbons (Fsp3) is 0.917. The van der Waals surface area contributed by atoms with Crippen LogP contribution in [0, 0.1) is 11.8 Å². The van der Waals surface area contributed by atoms with Crippen molar-refractivity contribution >= 4 is 5.91 Å². The lowest BCUT2D eigenvalue weighted by molar-refractivity contribution is -0.147. The number of rotatable bonds is 1. The van der Waals surface area contributed by atoms with Gasteiger partial charge in [0.25, 0.3) is 0 Å². The van der Waals surface area contributed by atoms with E-state index in [1.807, 2.05) is 18.7 Å². The Morgan fingerprint density at radius 2 is 1.81 bits per heavy atom. The standard InChI is InChI=1S/C12H22N2O2/c1-8-4-13-5-11(8)12(15)14-6-9(2)16-10(3)7-14/h8-11,13H,4-7H2,1-3H3/t8?,9-,10+,11?. The van der Waals surface area contributed by atoms with E-state index in [2.05, 4.69) is 12.2 Å². The van der Waals surface area contributed by atoms with Crippen LogP contribution in [0.3, 0.4) is 0 Å². The highest BCUT2D eigenvalue weighted by Gasteiger charge is 2.35. The minimum absolute atomic E-state index is 0.164. The maximum absolute atomic E-state index is 12.3. The Labute approximate surface area is 97.3 Å². The van der Waals surface area contributed by atoms with Gasteiger partial charge in [-0.05, 0) is 26.3 Å². The van der Waals surface area contributed by atoms with Crippen molar-refractivity contribution in [3.05, 3.63) is 0 Å². The van der Waals surface area contributed by atoms with Crippen LogP contribution in [0.5, 0.6) is 0 Å². The van der Waals surface area contributed by atoms with Crippen molar-refractivity contribution in [2.24, 2.45) is 11.8 Å². The van der Waals surface area contributed by atoms with Crippen molar-refractivity contribution in [2.75, 3.05) is 26.2 Å². The van der Waals surface area contributed by atoms with Crippen molar-refractivity contribution in [3.63, 3.8) is 0 Å². The molecule has 1 amide bonds. The van der Waals surface area contributed by atoms with Gasteiger partial charge < -0.3 is 15.0 Å². The second-order valence-electron chi connectivity index (χ2n) is 5.24. The zero-order chi connectivity index (χ0) is 11.7. The second-order valence-corrected chi connectivity index (χ2v) is 5.24. The Balaban J connectivity index is 1.98. The lowest BCUT2D eigenvalue weighted by Gasteiger charge is -2.37. The molecule has 4 heteroatoms. The molecule has 2 rings (SSSR count). The van der Waals surface area contributed by atoms with Crippen LogP contribution in [0.2, 0.25) is 0 Å². The molecule has 2 aliphatic rings. The molecule has 92 valence electrons. The maximum Gasteiger partial charge on any atom is 0.227 e. The van der Waals surface area contributed by atoms with Gasteiger partial charge in [0, 0.05) is 19.6 Å². The molecule has 0 aromatic rings. The Hall–Kier alpha value is -0.610. The molecule has 0 aliphatic carbocycles. The van der Waals surface area contributed by atoms with E-state index in [1.54, 1.807) is 0 Å². The van der Waals surface area contributed by atoms with E-state index in [0.29, 0.717) is 11.8 Å². The molecule has 2 unspecified atom stereocenters. The molecule has 2 aliphatic heterocycles. The summed E-state index contributed by atoms with van der Waals surface area (Å²) in [5.74, 6) is 0.929. The molecule has 0 saturated carbocycles. The lowest BCUT2D eigenvalue weighted by Crippen LogP contribution is -2.51. The Morgan fingerprint density at radius 1 is 1.19 bits per heavy atom. The summed E-state index contributed by atoms with van der Waals surface area (Å²) in [7, 11) is 0. The maximum atomic E-state index is 12.3. The molecule has 0 aromatic heterocycles. The summed E-state index contributed by atoms with van der Waals surface area (Å²) < 4.78 is 5.65. The summed E-state index contributed by atoms with van der Waals surface area (Å²) in [6, 6.07) is 0. The van der Waals surface area contributed by atoms with Crippen LogP contribution in [0.1, 0.15) is 20.8 Å². The van der Waals surface area contributed by atoms with E-state index >= 15 is 0 Å². The van der Waals surface area contributed by atoms with Gasteiger partial charge >= 0.3 is 0 Å². The number of nitrogens with one attached hydrogen (secondary N) is 1. The summed E-state index contributed by atoms with van der Waals surface area (Å²) in [6.07, 6.45) is 0.328. The zero-order valence-corrected chi connectivity index (χ0v) is 10.4. The first kappa shape index (κ1) is 11.9. The van der Waals surface area contributed by atoms with Crippen molar-refractivity contribution in [2.45, 2.75) is 33.0 Å². The van der Waals surface area contributed by atoms with Gasteiger partial charge in [0.2, 0.25) is 5.91 Å². The highest BCUT2D eigenvalue weighted by Crippen LogP contribution is 2.21. The van der Waals surface area contributed by atoms with Gasteiger partial charge in [-0.15, -0.1) is 0 Å². The largest absolute Gasteiger partial charge is 0.372 e. The molecule has 16 heavy (non-hydrogen) atoms. The fourth-order valence-electron chi connectivity index (χ4n) is 2.73. The van der Waals surface area contributed by atoms with Crippen LogP contribution in [0.4, 0.5) is 0 Å². The van der Waals surface area contributed by atoms with E-state index in [9.17, 15) is 4.79 Å². The number of carbonyl (C=O) groups is 1. The van der Waals surface area contributed by atoms with E-state index in [-0.39, 0.29) is 18.1 Å². The Morgan fingerprint density at radius 3 is 2.31 bits per heavy atom. The molecule has 0 spiro atoms. The number of morpholine rings is 1. The van der Waals surface area contributed by atoms with Gasteiger partial charge in [0.1, 0.15) is 0 Å². The lowest BCUT2D eigenvalue weighted by atomic mass is 9.96. The first-order chi connectivity index (χ1) is 7.58. The van der Waals surface area contributed by atoms with E-state index in [1.165, 1.54) is 0 Å². The summed E-state index contributed by atoms with van der Waals surface area (Å²) in [5, 5.41) is 3.29. The molecular formula is C12H22N2O2. The SMILES string of the molecule is CC1CNCC1C(=O)N1C[C@@H](C)O[C@@H](C)C1. The summed E-state index contributed by atoms with van der Waals surface area (Å²) >= 11 is 0. The van der Waals surface area contributed by atoms with Gasteiger partial charge in [0.15, 0.2) is 0 Å². The number of amides is 1. The average Bonchev–Trinajstić information content (AvgIpc) is 2.62. The van der Waals surface area contributed by atoms with Crippen molar-refractivity contribution in [3.8, 4) is 0 Å². The third-order valence-corrected chi connectivity index (χ3v) is 3.57. The molecule has 0 radical (unpaired) electrons. The van der Waals surface area contributed by atoms with Crippen molar-refractivity contribution in [1.29, 1.82) is 0 Å². The Bertz CT molecular complexity index is 260. The number of hydrogen-bond donors (Lipinski definition) is 1. The minimum Gasteiger partial charge on any atom is -0.372 e. The van der Waals surface area contributed by atoms with Gasteiger partial charge in [-0.1, -0.05) is 6.92 Å². The van der Waals surface area contributed by atoms with E-state index < -0.39 is 0 Å². The zero-order valence-electron chi connectivity index (χ0n) is 10.4. The Kier molecular flexibility index (Phi) is 3.50. The normalized spacial score (nSPS) is 40.1. The van der Waals surface area contributed by atoms with Crippen LogP contribution >= 0.6 is 0 Å². The van der Waals surface area contributed by atoms with Crippen LogP contribution in [-0.4, -0.2) is 49.2 Å². The molecule has 2 heterocycles. The van der Waals surface area contributed by atoms with Crippen LogP contribution < -0.4 is 5.32 Å². The molecule has 2 saturated heterocycles. The molecular weight excluding hydrogens is 204 g/mol. The van der Waals surface area contributed by atoms with E-state index in [0.717, 1.165) is 26.2 Å². The first-order valence-electron chi connectivity index (χ1n) is 6.23. The molecule has 0 bridgehead atoms. The quantitative estimate of drug-likeness (QED) is 0.707. The van der Waals surface area contributed by atoms with Gasteiger partial charge in [0.05, 0.1) is 18.1 Å². The van der Waals surface area contributed by atoms with Crippen LogP contribution in [0.25, 0.3) is 0 Å². The van der Waals surface area contributed by atoms with E-state index in [4.69, 9.17) is 4.74 Å². The topological polar surface area (TPSA) is 41.6 Å². The van der Waals surface area contributed by atoms with Crippen molar-refractivity contribution in [1.82, 2.24) is 10.2 Å². The average molecular weight is 226 g/mol. The smallest absolute Gasteiger partial charge is 0.227 e. The minimum atomic E-state index is 0.164. The number of carbonyl (C=O) groups excluding carboxylic acids is 1. The van der Waals surface area contributed by atoms with Gasteiger partial charge in [-0.2, -0.15) is 0 Å². The monoisotopic (exact) mass is 226 g/mol. The first-order valence-corrected chi connectivity index (χ1v) is 6.23. The highest BCUT2D eigenvalue weighted by molar-refractivity contribution is 5.80. The van der Waals surface area contributed by atoms with Gasteiger partial charge in [-0.3, -0.25) is 4.79 Å². The molecule has 4 atom stereocenters. The van der Waals surface area contributed by atoms with Crippen molar-refractivity contribution < 1.29 is 9.53 Å². The van der Waals surface area contributed by atoms with Gasteiger partial charge in [-0.25, -0.2) is 0 Å². The molecule has 4 nitrogen and oxygen atoms in total. The van der Waals surface area contributed by atoms with Crippen LogP contribution in [0.15, 0.2) is 0 Å². The third-order valence-electron chi connectivity index (χ3n) is 3.57. The molecule has 1 N–H and O–H groups in total. The second kappa shape index (κ2) is 4.72. The molecule has 0 aromatic carbocycles. The summed E-state index contributed by atoms with van der Waals surface area (Å²) in [5.41, 5.74) is 0. The summed E-state index contributed by atoms with van der Waals surface area (Å²) in [6.45, 7) is 9.50. The summed E-state index contributed by atoms with van der Waals surface area (Å²) in [4.78, 5) is 14.3. The predicted octanol–water partition coefficient (Wildman–Crippen LogP) is 0.478. The fourth-order valence-corrected chi connectivity index (χ4v) is 2.73. The van der Waals surface area contributed by atoms with Crippen LogP contribution in [-0.2, 0) is 9.53 Å². The predicted molar refractivity (Wildman–Crippen MR) is 62.1 cm³/mol. The number of hydrogen-bond acceptors (Lipinski definition) is 3. The third kappa shape index (κ3) is 2.38. The number of ether oxygens (including phenoxy) is 1. The highest BCUT2D eigenvalue weighted by atomic mass is 16.5. The molecule has 2 fully saturated rings.